The summed E-state index contributed by atoms with van der Waals surface area (Å²) in [6.45, 7) is 6.21. The Labute approximate surface area is 78.8 Å². The number of hydrogen-bond acceptors (Lipinski definition) is 2. The monoisotopic (exact) mass is 174 g/mol. The summed E-state index contributed by atoms with van der Waals surface area (Å²) >= 11 is 0. The van der Waals surface area contributed by atoms with Gasteiger partial charge >= 0.3 is 0 Å². The van der Waals surface area contributed by atoms with Crippen molar-refractivity contribution in [3.63, 3.8) is 0 Å². The van der Waals surface area contributed by atoms with Gasteiger partial charge in [0.05, 0.1) is 0 Å². The average Bonchev–Trinajstić information content (AvgIpc) is 2.16. The summed E-state index contributed by atoms with van der Waals surface area (Å²) in [7, 11) is 0. The van der Waals surface area contributed by atoms with Crippen LogP contribution in [0.4, 0.5) is 0 Å². The highest BCUT2D eigenvalue weighted by Gasteiger charge is 1.95. The quantitative estimate of drug-likeness (QED) is 0.711. The molecule has 2 heteroatoms. The fourth-order valence-electron chi connectivity index (χ4n) is 1.08. The van der Waals surface area contributed by atoms with Crippen LogP contribution in [0.3, 0.4) is 0 Å². The van der Waals surface area contributed by atoms with Crippen LogP contribution in [0.25, 0.3) is 5.57 Å². The number of aryl methyl sites for hydroxylation is 1. The summed E-state index contributed by atoms with van der Waals surface area (Å²) in [6.07, 6.45) is 5.55. The summed E-state index contributed by atoms with van der Waals surface area (Å²) in [6, 6.07) is 3.99. The molecule has 0 aliphatic heterocycles. The van der Waals surface area contributed by atoms with Gasteiger partial charge in [-0.15, -0.1) is 0 Å². The van der Waals surface area contributed by atoms with Crippen molar-refractivity contribution in [3.8, 4) is 0 Å². The van der Waals surface area contributed by atoms with Crippen LogP contribution in [-0.4, -0.2) is 11.5 Å². The van der Waals surface area contributed by atoms with Crippen LogP contribution in [0.2, 0.25) is 0 Å². The maximum absolute atomic E-state index is 5.43. The molecule has 0 saturated heterocycles. The molecule has 0 bridgehead atoms. The first kappa shape index (κ1) is 9.68. The lowest BCUT2D eigenvalue weighted by atomic mass is 10.1. The van der Waals surface area contributed by atoms with Crippen LogP contribution < -0.4 is 5.73 Å². The van der Waals surface area contributed by atoms with Gasteiger partial charge in [0, 0.05) is 18.4 Å². The molecular weight excluding hydrogens is 160 g/mol. The molecule has 2 N–H and O–H groups in total. The summed E-state index contributed by atoms with van der Waals surface area (Å²) in [5, 5.41) is 0. The number of aromatic nitrogens is 1. The van der Waals surface area contributed by atoms with Crippen molar-refractivity contribution in [2.24, 2.45) is 5.73 Å². The van der Waals surface area contributed by atoms with Crippen molar-refractivity contribution in [1.82, 2.24) is 4.98 Å². The SMILES string of the molecule is C=C/C(=C\CN)c1ccc(C)nc1. The van der Waals surface area contributed by atoms with Gasteiger partial charge < -0.3 is 5.73 Å². The first-order valence-electron chi connectivity index (χ1n) is 4.23. The van der Waals surface area contributed by atoms with Crippen molar-refractivity contribution in [3.05, 3.63) is 48.3 Å². The Kier molecular flexibility index (Phi) is 3.41. The fourth-order valence-corrected chi connectivity index (χ4v) is 1.08. The van der Waals surface area contributed by atoms with Crippen LogP contribution >= 0.6 is 0 Å². The highest BCUT2D eigenvalue weighted by atomic mass is 14.7. The average molecular weight is 174 g/mol. The normalized spacial score (nSPS) is 11.4. The van der Waals surface area contributed by atoms with Gasteiger partial charge in [-0.05, 0) is 24.1 Å². The van der Waals surface area contributed by atoms with Crippen LogP contribution in [0.15, 0.2) is 37.1 Å². The number of nitrogens with two attached hydrogens (primary N) is 1. The van der Waals surface area contributed by atoms with Crippen molar-refractivity contribution < 1.29 is 0 Å². The lowest BCUT2D eigenvalue weighted by molar-refractivity contribution is 1.19. The number of hydrogen-bond donors (Lipinski definition) is 1. The van der Waals surface area contributed by atoms with Crippen LogP contribution in [0.5, 0.6) is 0 Å². The van der Waals surface area contributed by atoms with E-state index in [1.54, 1.807) is 6.08 Å². The van der Waals surface area contributed by atoms with Crippen molar-refractivity contribution in [2.75, 3.05) is 6.54 Å². The third-order valence-corrected chi connectivity index (χ3v) is 1.80. The Morgan fingerprint density at radius 1 is 1.62 bits per heavy atom. The van der Waals surface area contributed by atoms with E-state index in [0.717, 1.165) is 16.8 Å². The first-order chi connectivity index (χ1) is 6.27. The molecule has 1 heterocycles. The largest absolute Gasteiger partial charge is 0.327 e. The molecule has 13 heavy (non-hydrogen) atoms. The number of pyridine rings is 1. The molecule has 0 amide bonds. The summed E-state index contributed by atoms with van der Waals surface area (Å²) < 4.78 is 0. The zero-order chi connectivity index (χ0) is 9.68. The van der Waals surface area contributed by atoms with Crippen molar-refractivity contribution in [2.45, 2.75) is 6.92 Å². The molecule has 0 saturated carbocycles. The lowest BCUT2D eigenvalue weighted by Crippen LogP contribution is -1.95. The predicted molar refractivity (Wildman–Crippen MR) is 56.2 cm³/mol. The molecule has 0 aliphatic carbocycles. The maximum Gasteiger partial charge on any atom is 0.0373 e. The molecular formula is C11H14N2. The van der Waals surface area contributed by atoms with E-state index in [9.17, 15) is 0 Å². The zero-order valence-corrected chi connectivity index (χ0v) is 7.83. The minimum atomic E-state index is 0.523. The number of allylic oxidation sites excluding steroid dienone is 2. The van der Waals surface area contributed by atoms with E-state index < -0.39 is 0 Å². The molecule has 0 unspecified atom stereocenters. The third-order valence-electron chi connectivity index (χ3n) is 1.80. The molecule has 1 rings (SSSR count). The van der Waals surface area contributed by atoms with Crippen molar-refractivity contribution >= 4 is 5.57 Å². The van der Waals surface area contributed by atoms with Gasteiger partial charge in [0.15, 0.2) is 0 Å². The lowest BCUT2D eigenvalue weighted by Gasteiger charge is -2.01. The molecule has 0 spiro atoms. The van der Waals surface area contributed by atoms with E-state index >= 15 is 0 Å². The van der Waals surface area contributed by atoms with Crippen LogP contribution in [0.1, 0.15) is 11.3 Å². The summed E-state index contributed by atoms with van der Waals surface area (Å²) in [5.74, 6) is 0. The first-order valence-corrected chi connectivity index (χ1v) is 4.23. The molecule has 0 radical (unpaired) electrons. The number of nitrogens with zero attached hydrogens (tertiary/aromatic N) is 1. The Balaban J connectivity index is 2.99. The Hall–Kier alpha value is -1.41. The maximum atomic E-state index is 5.43. The molecule has 68 valence electrons. The molecule has 0 aliphatic rings. The molecule has 0 fully saturated rings. The van der Waals surface area contributed by atoms with E-state index in [2.05, 4.69) is 11.6 Å². The fraction of sp³-hybridized carbons (Fsp3) is 0.182. The van der Waals surface area contributed by atoms with Crippen LogP contribution in [-0.2, 0) is 0 Å². The Morgan fingerprint density at radius 2 is 2.38 bits per heavy atom. The molecule has 2 nitrogen and oxygen atoms in total. The van der Waals surface area contributed by atoms with Gasteiger partial charge in [0.25, 0.3) is 0 Å². The van der Waals surface area contributed by atoms with Gasteiger partial charge in [-0.25, -0.2) is 0 Å². The molecule has 0 aromatic carbocycles. The second kappa shape index (κ2) is 4.58. The Morgan fingerprint density at radius 3 is 2.85 bits per heavy atom. The van der Waals surface area contributed by atoms with Gasteiger partial charge in [-0.1, -0.05) is 24.8 Å². The van der Waals surface area contributed by atoms with E-state index in [1.807, 2.05) is 31.3 Å². The Bertz CT molecular complexity index is 309. The zero-order valence-electron chi connectivity index (χ0n) is 7.83. The smallest absolute Gasteiger partial charge is 0.0373 e. The van der Waals surface area contributed by atoms with E-state index in [4.69, 9.17) is 5.73 Å². The van der Waals surface area contributed by atoms with Gasteiger partial charge in [-0.2, -0.15) is 0 Å². The topological polar surface area (TPSA) is 38.9 Å². The second-order valence-corrected chi connectivity index (χ2v) is 2.79. The van der Waals surface area contributed by atoms with Gasteiger partial charge in [0.2, 0.25) is 0 Å². The highest BCUT2D eigenvalue weighted by Crippen LogP contribution is 2.13. The number of rotatable bonds is 3. The minimum absolute atomic E-state index is 0.523. The van der Waals surface area contributed by atoms with Gasteiger partial charge in [0.1, 0.15) is 0 Å². The van der Waals surface area contributed by atoms with E-state index in [1.165, 1.54) is 0 Å². The summed E-state index contributed by atoms with van der Waals surface area (Å²) in [5.41, 5.74) is 8.54. The minimum Gasteiger partial charge on any atom is -0.327 e. The highest BCUT2D eigenvalue weighted by molar-refractivity contribution is 5.73. The van der Waals surface area contributed by atoms with Crippen LogP contribution in [0, 0.1) is 6.92 Å². The predicted octanol–water partition coefficient (Wildman–Crippen LogP) is 1.92. The standard InChI is InChI=1S/C11H14N2/c1-3-10(6-7-12)11-5-4-9(2)13-8-11/h3-6,8H,1,7,12H2,2H3/b10-6+. The second-order valence-electron chi connectivity index (χ2n) is 2.79. The molecule has 0 atom stereocenters. The third kappa shape index (κ3) is 2.53. The summed E-state index contributed by atoms with van der Waals surface area (Å²) in [4.78, 5) is 4.20. The van der Waals surface area contributed by atoms with Crippen molar-refractivity contribution in [1.29, 1.82) is 0 Å². The van der Waals surface area contributed by atoms with E-state index in [-0.39, 0.29) is 0 Å². The molecule has 1 aromatic rings. The van der Waals surface area contributed by atoms with Gasteiger partial charge in [-0.3, -0.25) is 4.98 Å². The molecule has 1 aromatic heterocycles. The van der Waals surface area contributed by atoms with E-state index in [0.29, 0.717) is 6.54 Å².